The number of hydrogen-bond acceptors (Lipinski definition) is 5. The van der Waals surface area contributed by atoms with Crippen LogP contribution in [-0.4, -0.2) is 35.6 Å². The third kappa shape index (κ3) is 3.91. The summed E-state index contributed by atoms with van der Waals surface area (Å²) in [5.41, 5.74) is 2.39. The van der Waals surface area contributed by atoms with Crippen molar-refractivity contribution in [3.63, 3.8) is 0 Å². The average Bonchev–Trinajstić information content (AvgIpc) is 2.46. The van der Waals surface area contributed by atoms with Gasteiger partial charge in [-0.2, -0.15) is 4.98 Å². The number of nitrogens with zero attached hydrogens (tertiary/aromatic N) is 4. The Morgan fingerprint density at radius 2 is 1.95 bits per heavy atom. The van der Waals surface area contributed by atoms with E-state index < -0.39 is 0 Å². The van der Waals surface area contributed by atoms with Crippen molar-refractivity contribution in [2.75, 3.05) is 30.9 Å². The molecule has 5 heteroatoms. The van der Waals surface area contributed by atoms with Crippen LogP contribution >= 0.6 is 0 Å². The number of aryl methyl sites for hydroxylation is 2. The van der Waals surface area contributed by atoms with Crippen LogP contribution in [0.25, 0.3) is 0 Å². The summed E-state index contributed by atoms with van der Waals surface area (Å²) in [5, 5.41) is 3.27. The number of anilines is 2. The minimum absolute atomic E-state index is 0.689. The van der Waals surface area contributed by atoms with Crippen LogP contribution in [0.1, 0.15) is 17.5 Å². The molecule has 0 aromatic carbocycles. The molecule has 2 aromatic rings. The fraction of sp³-hybridized carbons (Fsp3) is 0.400. The SMILES string of the molecule is Cc1cnc(NCCCc2ccncc2)nc1N(C)C. The van der Waals surface area contributed by atoms with Gasteiger partial charge in [0.1, 0.15) is 5.82 Å². The summed E-state index contributed by atoms with van der Waals surface area (Å²) in [6, 6.07) is 4.10. The number of hydrogen-bond donors (Lipinski definition) is 1. The van der Waals surface area contributed by atoms with Crippen molar-refractivity contribution in [2.45, 2.75) is 19.8 Å². The maximum Gasteiger partial charge on any atom is 0.224 e. The van der Waals surface area contributed by atoms with E-state index in [2.05, 4.69) is 20.3 Å². The molecular weight excluding hydrogens is 250 g/mol. The summed E-state index contributed by atoms with van der Waals surface area (Å²) >= 11 is 0. The fourth-order valence-electron chi connectivity index (χ4n) is 2.01. The molecule has 0 saturated carbocycles. The summed E-state index contributed by atoms with van der Waals surface area (Å²) in [4.78, 5) is 14.8. The van der Waals surface area contributed by atoms with Crippen molar-refractivity contribution in [3.8, 4) is 0 Å². The molecule has 2 aromatic heterocycles. The van der Waals surface area contributed by atoms with E-state index in [0.717, 1.165) is 30.8 Å². The number of pyridine rings is 1. The Kier molecular flexibility index (Phi) is 4.87. The summed E-state index contributed by atoms with van der Waals surface area (Å²) in [5.74, 6) is 1.64. The van der Waals surface area contributed by atoms with Crippen LogP contribution < -0.4 is 10.2 Å². The fourth-order valence-corrected chi connectivity index (χ4v) is 2.01. The predicted octanol–water partition coefficient (Wildman–Crippen LogP) is 2.29. The number of aromatic nitrogens is 3. The Bertz CT molecular complexity index is 539. The lowest BCUT2D eigenvalue weighted by Crippen LogP contribution is -2.15. The lowest BCUT2D eigenvalue weighted by molar-refractivity contribution is 0.849. The Morgan fingerprint density at radius 3 is 2.65 bits per heavy atom. The first-order valence-electron chi connectivity index (χ1n) is 6.80. The molecule has 1 N–H and O–H groups in total. The van der Waals surface area contributed by atoms with Crippen LogP contribution in [0.4, 0.5) is 11.8 Å². The van der Waals surface area contributed by atoms with Gasteiger partial charge in [-0.15, -0.1) is 0 Å². The molecule has 0 fully saturated rings. The van der Waals surface area contributed by atoms with E-state index in [1.807, 2.05) is 56.6 Å². The van der Waals surface area contributed by atoms with Gasteiger partial charge >= 0.3 is 0 Å². The first kappa shape index (κ1) is 14.2. The van der Waals surface area contributed by atoms with E-state index in [1.165, 1.54) is 5.56 Å². The molecule has 0 saturated heterocycles. The van der Waals surface area contributed by atoms with Gasteiger partial charge in [-0.25, -0.2) is 4.98 Å². The lowest BCUT2D eigenvalue weighted by atomic mass is 10.1. The Hall–Kier alpha value is -2.17. The van der Waals surface area contributed by atoms with Crippen molar-refractivity contribution < 1.29 is 0 Å². The quantitative estimate of drug-likeness (QED) is 0.817. The molecule has 2 heterocycles. The molecule has 0 aliphatic carbocycles. The highest BCUT2D eigenvalue weighted by Gasteiger charge is 2.05. The normalized spacial score (nSPS) is 10.3. The van der Waals surface area contributed by atoms with Crippen molar-refractivity contribution in [1.82, 2.24) is 15.0 Å². The zero-order chi connectivity index (χ0) is 14.4. The molecule has 0 amide bonds. The van der Waals surface area contributed by atoms with Gasteiger partial charge in [-0.05, 0) is 37.5 Å². The van der Waals surface area contributed by atoms with Crippen LogP contribution in [0.5, 0.6) is 0 Å². The molecule has 2 rings (SSSR count). The molecule has 0 aliphatic rings. The van der Waals surface area contributed by atoms with E-state index in [9.17, 15) is 0 Å². The smallest absolute Gasteiger partial charge is 0.224 e. The molecular formula is C15H21N5. The summed E-state index contributed by atoms with van der Waals surface area (Å²) < 4.78 is 0. The van der Waals surface area contributed by atoms with E-state index >= 15 is 0 Å². The van der Waals surface area contributed by atoms with Crippen molar-refractivity contribution in [3.05, 3.63) is 41.9 Å². The van der Waals surface area contributed by atoms with Gasteiger partial charge in [0.15, 0.2) is 0 Å². The molecule has 0 bridgehead atoms. The molecule has 5 nitrogen and oxygen atoms in total. The maximum absolute atomic E-state index is 4.51. The van der Waals surface area contributed by atoms with Gasteiger partial charge in [0.2, 0.25) is 5.95 Å². The molecule has 0 spiro atoms. The third-order valence-corrected chi connectivity index (χ3v) is 3.04. The summed E-state index contributed by atoms with van der Waals surface area (Å²) in [7, 11) is 3.98. The van der Waals surface area contributed by atoms with Gasteiger partial charge in [-0.1, -0.05) is 0 Å². The highest BCUT2D eigenvalue weighted by molar-refractivity contribution is 5.47. The maximum atomic E-state index is 4.51. The second-order valence-corrected chi connectivity index (χ2v) is 4.98. The van der Waals surface area contributed by atoms with Gasteiger partial charge in [0.25, 0.3) is 0 Å². The first-order chi connectivity index (χ1) is 9.66. The zero-order valence-electron chi connectivity index (χ0n) is 12.3. The van der Waals surface area contributed by atoms with Gasteiger partial charge in [0, 0.05) is 44.8 Å². The summed E-state index contributed by atoms with van der Waals surface area (Å²) in [6.07, 6.45) is 7.58. The lowest BCUT2D eigenvalue weighted by Gasteiger charge is -2.15. The van der Waals surface area contributed by atoms with E-state index in [4.69, 9.17) is 0 Å². The molecule has 0 unspecified atom stereocenters. The van der Waals surface area contributed by atoms with Gasteiger partial charge in [0.05, 0.1) is 0 Å². The second kappa shape index (κ2) is 6.84. The van der Waals surface area contributed by atoms with Crippen LogP contribution in [0, 0.1) is 6.92 Å². The molecule has 0 radical (unpaired) electrons. The number of rotatable bonds is 6. The van der Waals surface area contributed by atoms with Gasteiger partial charge in [-0.3, -0.25) is 4.98 Å². The largest absolute Gasteiger partial charge is 0.362 e. The average molecular weight is 271 g/mol. The predicted molar refractivity (Wildman–Crippen MR) is 82.1 cm³/mol. The van der Waals surface area contributed by atoms with Crippen LogP contribution in [-0.2, 0) is 6.42 Å². The molecule has 0 atom stereocenters. The monoisotopic (exact) mass is 271 g/mol. The molecule has 20 heavy (non-hydrogen) atoms. The van der Waals surface area contributed by atoms with E-state index in [-0.39, 0.29) is 0 Å². The van der Waals surface area contributed by atoms with Crippen LogP contribution in [0.3, 0.4) is 0 Å². The van der Waals surface area contributed by atoms with Crippen molar-refractivity contribution in [2.24, 2.45) is 0 Å². The van der Waals surface area contributed by atoms with Gasteiger partial charge < -0.3 is 10.2 Å². The topological polar surface area (TPSA) is 53.9 Å². The highest BCUT2D eigenvalue weighted by Crippen LogP contribution is 2.15. The standard InChI is InChI=1S/C15H21N5/c1-12-11-18-15(19-14(12)20(2)3)17-8-4-5-13-6-9-16-10-7-13/h6-7,9-11H,4-5,8H2,1-3H3,(H,17,18,19). The number of nitrogens with one attached hydrogen (secondary N) is 1. The minimum atomic E-state index is 0.689. The van der Waals surface area contributed by atoms with Crippen LogP contribution in [0.2, 0.25) is 0 Å². The van der Waals surface area contributed by atoms with Crippen molar-refractivity contribution >= 4 is 11.8 Å². The molecule has 0 aliphatic heterocycles. The minimum Gasteiger partial charge on any atom is -0.362 e. The Morgan fingerprint density at radius 1 is 1.20 bits per heavy atom. The Labute approximate surface area is 120 Å². The molecule has 106 valence electrons. The first-order valence-corrected chi connectivity index (χ1v) is 6.80. The Balaban J connectivity index is 1.84. The zero-order valence-corrected chi connectivity index (χ0v) is 12.3. The second-order valence-electron chi connectivity index (χ2n) is 4.98. The van der Waals surface area contributed by atoms with Crippen molar-refractivity contribution in [1.29, 1.82) is 0 Å². The van der Waals surface area contributed by atoms with Crippen LogP contribution in [0.15, 0.2) is 30.7 Å². The van der Waals surface area contributed by atoms with E-state index in [0.29, 0.717) is 5.95 Å². The highest BCUT2D eigenvalue weighted by atomic mass is 15.2. The third-order valence-electron chi connectivity index (χ3n) is 3.04. The van der Waals surface area contributed by atoms with E-state index in [1.54, 1.807) is 0 Å². The summed E-state index contributed by atoms with van der Waals surface area (Å²) in [6.45, 7) is 2.88.